The summed E-state index contributed by atoms with van der Waals surface area (Å²) in [5.41, 5.74) is 7.34. The second kappa shape index (κ2) is 9.78. The van der Waals surface area contributed by atoms with Crippen LogP contribution >= 0.6 is 0 Å². The third-order valence-corrected chi connectivity index (χ3v) is 4.92. The van der Waals surface area contributed by atoms with Crippen LogP contribution in [0.15, 0.2) is 54.6 Å². The lowest BCUT2D eigenvalue weighted by Gasteiger charge is -2.29. The predicted octanol–water partition coefficient (Wildman–Crippen LogP) is 3.04. The fraction of sp³-hybridized carbons (Fsp3) is 0.304. The summed E-state index contributed by atoms with van der Waals surface area (Å²) in [7, 11) is 1.62. The van der Waals surface area contributed by atoms with Gasteiger partial charge >= 0.3 is 0 Å². The van der Waals surface area contributed by atoms with Crippen molar-refractivity contribution in [3.05, 3.63) is 71.3 Å². The van der Waals surface area contributed by atoms with Gasteiger partial charge in [-0.1, -0.05) is 43.3 Å². The number of aryl methyl sites for hydroxylation is 1. The summed E-state index contributed by atoms with van der Waals surface area (Å²) in [6, 6.07) is 15.8. The predicted molar refractivity (Wildman–Crippen MR) is 113 cm³/mol. The Balaban J connectivity index is 1.49. The zero-order valence-corrected chi connectivity index (χ0v) is 16.9. The molecule has 0 radical (unpaired) electrons. The summed E-state index contributed by atoms with van der Waals surface area (Å²) in [6.07, 6.45) is 3.44. The van der Waals surface area contributed by atoms with E-state index >= 15 is 0 Å². The number of hydrazine groups is 1. The number of methoxy groups -OCH3 is 1. The Hall–Kier alpha value is -3.28. The summed E-state index contributed by atoms with van der Waals surface area (Å²) in [5, 5.41) is 4.41. The standard InChI is InChI=1S/C23H27N3O3/c1-3-17-4-8-19(9-5-17)21-12-13-23(28)26(25-21)15-14-22(27)24-16-18-6-10-20(29-2)11-7-18/h4-12,25H,3,13-16H2,1-2H3,(H,24,27). The molecule has 0 aromatic heterocycles. The summed E-state index contributed by atoms with van der Waals surface area (Å²) in [4.78, 5) is 24.4. The third-order valence-electron chi connectivity index (χ3n) is 4.92. The number of amides is 2. The number of nitrogens with one attached hydrogen (secondary N) is 2. The van der Waals surface area contributed by atoms with Gasteiger partial charge in [0.2, 0.25) is 11.8 Å². The molecule has 2 aromatic rings. The smallest absolute Gasteiger partial charge is 0.244 e. The van der Waals surface area contributed by atoms with Crippen molar-refractivity contribution in [1.82, 2.24) is 15.8 Å². The molecule has 1 heterocycles. The van der Waals surface area contributed by atoms with Crippen molar-refractivity contribution in [3.8, 4) is 5.75 Å². The van der Waals surface area contributed by atoms with Crippen molar-refractivity contribution in [2.45, 2.75) is 32.7 Å². The molecule has 0 spiro atoms. The maximum Gasteiger partial charge on any atom is 0.244 e. The van der Waals surface area contributed by atoms with Crippen LogP contribution in [0.3, 0.4) is 0 Å². The van der Waals surface area contributed by atoms with Crippen molar-refractivity contribution in [3.63, 3.8) is 0 Å². The van der Waals surface area contributed by atoms with Gasteiger partial charge in [-0.05, 0) is 41.3 Å². The second-order valence-corrected chi connectivity index (χ2v) is 6.90. The van der Waals surface area contributed by atoms with Gasteiger partial charge in [0.25, 0.3) is 0 Å². The number of hydrogen-bond acceptors (Lipinski definition) is 4. The van der Waals surface area contributed by atoms with Gasteiger partial charge in [0.1, 0.15) is 5.75 Å². The lowest BCUT2D eigenvalue weighted by molar-refractivity contribution is -0.133. The minimum Gasteiger partial charge on any atom is -0.497 e. The lowest BCUT2D eigenvalue weighted by Crippen LogP contribution is -2.45. The normalized spacial score (nSPS) is 13.5. The Morgan fingerprint density at radius 3 is 2.45 bits per heavy atom. The number of hydrogen-bond donors (Lipinski definition) is 2. The van der Waals surface area contributed by atoms with Gasteiger partial charge in [0.15, 0.2) is 0 Å². The van der Waals surface area contributed by atoms with Gasteiger partial charge in [0, 0.05) is 19.4 Å². The Kier molecular flexibility index (Phi) is 6.89. The van der Waals surface area contributed by atoms with Crippen molar-refractivity contribution >= 4 is 17.5 Å². The van der Waals surface area contributed by atoms with Crippen LogP contribution in [0.4, 0.5) is 0 Å². The minimum absolute atomic E-state index is 0.0399. The molecule has 0 saturated heterocycles. The molecule has 2 amide bonds. The van der Waals surface area contributed by atoms with Crippen molar-refractivity contribution < 1.29 is 14.3 Å². The van der Waals surface area contributed by atoms with E-state index in [2.05, 4.69) is 29.8 Å². The maximum atomic E-state index is 12.2. The lowest BCUT2D eigenvalue weighted by atomic mass is 10.1. The van der Waals surface area contributed by atoms with Crippen LogP contribution in [0.5, 0.6) is 5.75 Å². The van der Waals surface area contributed by atoms with E-state index in [1.54, 1.807) is 7.11 Å². The largest absolute Gasteiger partial charge is 0.497 e. The molecule has 0 fully saturated rings. The van der Waals surface area contributed by atoms with Gasteiger partial charge < -0.3 is 10.1 Å². The third kappa shape index (κ3) is 5.60. The molecule has 1 aliphatic rings. The van der Waals surface area contributed by atoms with Gasteiger partial charge in [-0.25, -0.2) is 0 Å². The van der Waals surface area contributed by atoms with Gasteiger partial charge in [-0.2, -0.15) is 0 Å². The number of ether oxygens (including phenoxy) is 1. The molecule has 0 bridgehead atoms. The monoisotopic (exact) mass is 393 g/mol. The first-order valence-electron chi connectivity index (χ1n) is 9.85. The molecule has 0 saturated carbocycles. The number of carbonyl (C=O) groups excluding carboxylic acids is 2. The molecule has 6 heteroatoms. The van der Waals surface area contributed by atoms with Crippen LogP contribution in [0.2, 0.25) is 0 Å². The van der Waals surface area contributed by atoms with E-state index in [9.17, 15) is 9.59 Å². The Morgan fingerprint density at radius 2 is 1.79 bits per heavy atom. The van der Waals surface area contributed by atoms with Crippen LogP contribution in [0, 0.1) is 0 Å². The molecule has 6 nitrogen and oxygen atoms in total. The fourth-order valence-corrected chi connectivity index (χ4v) is 3.08. The number of benzene rings is 2. The van der Waals surface area contributed by atoms with E-state index in [1.165, 1.54) is 10.6 Å². The van der Waals surface area contributed by atoms with E-state index in [0.717, 1.165) is 29.0 Å². The van der Waals surface area contributed by atoms with Crippen molar-refractivity contribution in [2.75, 3.05) is 13.7 Å². The number of nitrogens with zero attached hydrogens (tertiary/aromatic N) is 1. The highest BCUT2D eigenvalue weighted by molar-refractivity contribution is 5.84. The summed E-state index contributed by atoms with van der Waals surface area (Å²) < 4.78 is 5.13. The molecule has 0 unspecified atom stereocenters. The molecule has 2 aromatic carbocycles. The van der Waals surface area contributed by atoms with Gasteiger partial charge in [-0.3, -0.25) is 20.0 Å². The van der Waals surface area contributed by atoms with E-state index in [0.29, 0.717) is 19.5 Å². The molecule has 2 N–H and O–H groups in total. The zero-order valence-electron chi connectivity index (χ0n) is 16.9. The summed E-state index contributed by atoms with van der Waals surface area (Å²) in [5.74, 6) is 0.642. The molecular formula is C23H27N3O3. The van der Waals surface area contributed by atoms with Crippen LogP contribution in [0.25, 0.3) is 5.70 Å². The molecule has 0 aliphatic carbocycles. The van der Waals surface area contributed by atoms with Crippen molar-refractivity contribution in [1.29, 1.82) is 0 Å². The average molecular weight is 393 g/mol. The van der Waals surface area contributed by atoms with Crippen LogP contribution in [-0.2, 0) is 22.6 Å². The Morgan fingerprint density at radius 1 is 1.10 bits per heavy atom. The van der Waals surface area contributed by atoms with Crippen molar-refractivity contribution in [2.24, 2.45) is 0 Å². The maximum absolute atomic E-state index is 12.2. The average Bonchev–Trinajstić information content (AvgIpc) is 2.77. The molecule has 3 rings (SSSR count). The molecule has 29 heavy (non-hydrogen) atoms. The number of carbonyl (C=O) groups is 2. The first-order valence-corrected chi connectivity index (χ1v) is 9.85. The summed E-state index contributed by atoms with van der Waals surface area (Å²) in [6.45, 7) is 2.88. The van der Waals surface area contributed by atoms with E-state index < -0.39 is 0 Å². The van der Waals surface area contributed by atoms with E-state index in [-0.39, 0.29) is 18.2 Å². The van der Waals surface area contributed by atoms with E-state index in [4.69, 9.17) is 4.74 Å². The molecule has 152 valence electrons. The highest BCUT2D eigenvalue weighted by Gasteiger charge is 2.20. The number of rotatable bonds is 8. The molecule has 0 atom stereocenters. The zero-order chi connectivity index (χ0) is 20.6. The molecular weight excluding hydrogens is 366 g/mol. The van der Waals surface area contributed by atoms with Crippen LogP contribution in [-0.4, -0.2) is 30.5 Å². The van der Waals surface area contributed by atoms with Gasteiger partial charge in [0.05, 0.1) is 19.4 Å². The van der Waals surface area contributed by atoms with Gasteiger partial charge in [-0.15, -0.1) is 0 Å². The van der Waals surface area contributed by atoms with Crippen LogP contribution in [0.1, 0.15) is 36.5 Å². The highest BCUT2D eigenvalue weighted by atomic mass is 16.5. The van der Waals surface area contributed by atoms with Crippen LogP contribution < -0.4 is 15.5 Å². The SMILES string of the molecule is CCc1ccc(C2=CCC(=O)N(CCC(=O)NCc3ccc(OC)cc3)N2)cc1. The Labute approximate surface area is 171 Å². The quantitative estimate of drug-likeness (QED) is 0.723. The molecule has 1 aliphatic heterocycles. The first kappa shape index (κ1) is 20.5. The highest BCUT2D eigenvalue weighted by Crippen LogP contribution is 2.18. The fourth-order valence-electron chi connectivity index (χ4n) is 3.08. The summed E-state index contributed by atoms with van der Waals surface area (Å²) >= 11 is 0. The second-order valence-electron chi connectivity index (χ2n) is 6.90. The van der Waals surface area contributed by atoms with E-state index in [1.807, 2.05) is 42.5 Å². The topological polar surface area (TPSA) is 70.7 Å². The first-order chi connectivity index (χ1) is 14.1. The Bertz CT molecular complexity index is 873. The minimum atomic E-state index is -0.0983.